The number of nitrogens with zero attached hydrogens (tertiary/aromatic N) is 3. The van der Waals surface area contributed by atoms with Gasteiger partial charge in [0.1, 0.15) is 10.8 Å². The van der Waals surface area contributed by atoms with E-state index in [9.17, 15) is 9.59 Å². The van der Waals surface area contributed by atoms with E-state index in [2.05, 4.69) is 15.6 Å². The number of aromatic nitrogens is 3. The Hall–Kier alpha value is -2.65. The van der Waals surface area contributed by atoms with Gasteiger partial charge in [-0.2, -0.15) is 5.10 Å². The summed E-state index contributed by atoms with van der Waals surface area (Å²) in [6.45, 7) is 7.78. The number of aryl methyl sites for hydroxylation is 3. The van der Waals surface area contributed by atoms with Crippen LogP contribution in [0.4, 0.5) is 5.00 Å². The average molecular weight is 477 g/mol. The third-order valence-electron chi connectivity index (χ3n) is 5.68. The molecule has 3 heterocycles. The Morgan fingerprint density at radius 2 is 2.00 bits per heavy atom. The first kappa shape index (κ1) is 22.5. The summed E-state index contributed by atoms with van der Waals surface area (Å²) in [7, 11) is 0. The molecule has 0 radical (unpaired) electrons. The van der Waals surface area contributed by atoms with Crippen LogP contribution >= 0.6 is 22.9 Å². The average Bonchev–Trinajstić information content (AvgIpc) is 3.38. The second-order valence-electron chi connectivity index (χ2n) is 7.80. The van der Waals surface area contributed by atoms with Gasteiger partial charge in [0, 0.05) is 10.4 Å². The van der Waals surface area contributed by atoms with Gasteiger partial charge in [0.05, 0.1) is 35.1 Å². The highest BCUT2D eigenvalue weighted by molar-refractivity contribution is 7.17. The van der Waals surface area contributed by atoms with E-state index in [1.807, 2.05) is 13.8 Å². The summed E-state index contributed by atoms with van der Waals surface area (Å²) >= 11 is 7.70. The normalized spacial score (nSPS) is 13.2. The molecule has 1 N–H and O–H groups in total. The van der Waals surface area contributed by atoms with E-state index in [1.54, 1.807) is 18.5 Å². The van der Waals surface area contributed by atoms with Gasteiger partial charge >= 0.3 is 5.97 Å². The van der Waals surface area contributed by atoms with E-state index in [-0.39, 0.29) is 12.3 Å². The summed E-state index contributed by atoms with van der Waals surface area (Å²) in [5, 5.41) is 12.4. The van der Waals surface area contributed by atoms with Crippen molar-refractivity contribution in [2.45, 2.75) is 59.9 Å². The second kappa shape index (κ2) is 9.07. The van der Waals surface area contributed by atoms with Crippen molar-refractivity contribution < 1.29 is 18.8 Å². The van der Waals surface area contributed by atoms with E-state index in [0.29, 0.717) is 39.1 Å². The number of esters is 1. The number of hydrogen-bond donors (Lipinski definition) is 1. The molecule has 3 aromatic rings. The van der Waals surface area contributed by atoms with Crippen molar-refractivity contribution in [1.29, 1.82) is 0 Å². The quantitative estimate of drug-likeness (QED) is 0.509. The predicted molar refractivity (Wildman–Crippen MR) is 122 cm³/mol. The highest BCUT2D eigenvalue weighted by Crippen LogP contribution is 2.39. The van der Waals surface area contributed by atoms with Gasteiger partial charge in [0.25, 0.3) is 5.91 Å². The number of fused-ring (bicyclic) bond motifs is 1. The highest BCUT2D eigenvalue weighted by Gasteiger charge is 2.29. The lowest BCUT2D eigenvalue weighted by molar-refractivity contribution is 0.0526. The maximum absolute atomic E-state index is 13.2. The number of anilines is 1. The molecule has 0 atom stereocenters. The Kier molecular flexibility index (Phi) is 6.39. The van der Waals surface area contributed by atoms with Crippen molar-refractivity contribution >= 4 is 39.8 Å². The minimum absolute atomic E-state index is 0.160. The molecule has 0 aliphatic heterocycles. The zero-order valence-corrected chi connectivity index (χ0v) is 20.1. The van der Waals surface area contributed by atoms with E-state index >= 15 is 0 Å². The molecule has 8 nitrogen and oxygen atoms in total. The first-order chi connectivity index (χ1) is 15.3. The summed E-state index contributed by atoms with van der Waals surface area (Å²) in [5.41, 5.74) is 3.74. The first-order valence-corrected chi connectivity index (χ1v) is 11.8. The third-order valence-corrected chi connectivity index (χ3v) is 7.43. The summed E-state index contributed by atoms with van der Waals surface area (Å²) < 4.78 is 12.3. The number of ether oxygens (including phenoxy) is 1. The highest BCUT2D eigenvalue weighted by atomic mass is 35.5. The zero-order chi connectivity index (χ0) is 23.0. The molecule has 3 aromatic heterocycles. The molecule has 0 unspecified atom stereocenters. The molecular weight excluding hydrogens is 452 g/mol. The molecule has 4 rings (SSSR count). The molecule has 1 amide bonds. The van der Waals surface area contributed by atoms with Crippen molar-refractivity contribution in [3.05, 3.63) is 49.4 Å². The SMILES string of the molecule is CCOC(=O)c1c(NC(=O)c2noc(C)c2Cn2nc(C)c(Cl)c2C)sc2c1CCCC2. The fraction of sp³-hybridized carbons (Fsp3) is 0.455. The van der Waals surface area contributed by atoms with Gasteiger partial charge in [-0.05, 0) is 58.9 Å². The lowest BCUT2D eigenvalue weighted by Gasteiger charge is -2.12. The van der Waals surface area contributed by atoms with Gasteiger partial charge in [-0.15, -0.1) is 11.3 Å². The molecule has 10 heteroatoms. The smallest absolute Gasteiger partial charge is 0.341 e. The van der Waals surface area contributed by atoms with Crippen LogP contribution in [0.25, 0.3) is 0 Å². The minimum Gasteiger partial charge on any atom is -0.462 e. The summed E-state index contributed by atoms with van der Waals surface area (Å²) in [6.07, 6.45) is 3.79. The van der Waals surface area contributed by atoms with Crippen molar-refractivity contribution in [2.75, 3.05) is 11.9 Å². The summed E-state index contributed by atoms with van der Waals surface area (Å²) in [4.78, 5) is 27.0. The van der Waals surface area contributed by atoms with Crippen LogP contribution in [0.1, 0.15) is 73.8 Å². The van der Waals surface area contributed by atoms with Crippen molar-refractivity contribution in [2.24, 2.45) is 0 Å². The van der Waals surface area contributed by atoms with E-state index in [4.69, 9.17) is 20.9 Å². The Balaban J connectivity index is 1.65. The molecule has 32 heavy (non-hydrogen) atoms. The fourth-order valence-electron chi connectivity index (χ4n) is 3.97. The Morgan fingerprint density at radius 3 is 2.69 bits per heavy atom. The number of nitrogens with one attached hydrogen (secondary N) is 1. The molecule has 0 saturated carbocycles. The van der Waals surface area contributed by atoms with Gasteiger partial charge < -0.3 is 14.6 Å². The summed E-state index contributed by atoms with van der Waals surface area (Å²) in [5.74, 6) is -0.320. The fourth-order valence-corrected chi connectivity index (χ4v) is 5.38. The number of halogens is 1. The standard InChI is InChI=1S/C22H25ClN4O4S/c1-5-30-22(29)17-14-8-6-7-9-16(14)32-21(17)24-20(28)19-15(13(4)31-26-19)10-27-12(3)18(23)11(2)25-27/h5-10H2,1-4H3,(H,24,28). The van der Waals surface area contributed by atoms with Crippen LogP contribution in [0, 0.1) is 20.8 Å². The van der Waals surface area contributed by atoms with Gasteiger partial charge in [-0.3, -0.25) is 9.48 Å². The number of thiophene rings is 1. The number of amides is 1. The molecule has 1 aliphatic rings. The van der Waals surface area contributed by atoms with E-state index in [1.165, 1.54) is 11.3 Å². The lowest BCUT2D eigenvalue weighted by Crippen LogP contribution is -2.18. The first-order valence-electron chi connectivity index (χ1n) is 10.6. The van der Waals surface area contributed by atoms with Crippen LogP contribution in [0.3, 0.4) is 0 Å². The van der Waals surface area contributed by atoms with Crippen LogP contribution in [-0.4, -0.2) is 33.4 Å². The number of carbonyl (C=O) groups is 2. The number of carbonyl (C=O) groups excluding carboxylic acids is 2. The molecule has 1 aliphatic carbocycles. The van der Waals surface area contributed by atoms with Gasteiger partial charge in [0.2, 0.25) is 0 Å². The van der Waals surface area contributed by atoms with Crippen LogP contribution in [0.2, 0.25) is 5.02 Å². The predicted octanol–water partition coefficient (Wildman–Crippen LogP) is 4.87. The van der Waals surface area contributed by atoms with Crippen LogP contribution < -0.4 is 5.32 Å². The second-order valence-corrected chi connectivity index (χ2v) is 9.28. The monoisotopic (exact) mass is 476 g/mol. The van der Waals surface area contributed by atoms with Gasteiger partial charge in [-0.1, -0.05) is 16.8 Å². The van der Waals surface area contributed by atoms with Gasteiger partial charge in [0.15, 0.2) is 5.69 Å². The van der Waals surface area contributed by atoms with Crippen LogP contribution in [0.15, 0.2) is 4.52 Å². The Bertz CT molecular complexity index is 1190. The van der Waals surface area contributed by atoms with Crippen molar-refractivity contribution in [3.8, 4) is 0 Å². The Labute approximate surface area is 194 Å². The molecule has 0 fully saturated rings. The van der Waals surface area contributed by atoms with Crippen molar-refractivity contribution in [3.63, 3.8) is 0 Å². The third kappa shape index (κ3) is 4.06. The Morgan fingerprint density at radius 1 is 1.25 bits per heavy atom. The lowest BCUT2D eigenvalue weighted by atomic mass is 9.95. The molecule has 0 bridgehead atoms. The zero-order valence-electron chi connectivity index (χ0n) is 18.5. The van der Waals surface area contributed by atoms with Gasteiger partial charge in [-0.25, -0.2) is 4.79 Å². The molecule has 0 saturated heterocycles. The van der Waals surface area contributed by atoms with Crippen molar-refractivity contribution in [1.82, 2.24) is 14.9 Å². The number of hydrogen-bond acceptors (Lipinski definition) is 7. The van der Waals surface area contributed by atoms with Crippen LogP contribution in [0.5, 0.6) is 0 Å². The van der Waals surface area contributed by atoms with E-state index < -0.39 is 11.9 Å². The molecule has 170 valence electrons. The molecule has 0 spiro atoms. The van der Waals surface area contributed by atoms with Crippen LogP contribution in [-0.2, 0) is 24.1 Å². The minimum atomic E-state index is -0.436. The van der Waals surface area contributed by atoms with E-state index in [0.717, 1.165) is 41.8 Å². The summed E-state index contributed by atoms with van der Waals surface area (Å²) in [6, 6.07) is 0. The maximum atomic E-state index is 13.2. The number of rotatable bonds is 6. The maximum Gasteiger partial charge on any atom is 0.341 e. The molecular formula is C22H25ClN4O4S. The largest absolute Gasteiger partial charge is 0.462 e. The topological polar surface area (TPSA) is 99.2 Å². The molecule has 0 aromatic carbocycles.